The molecule has 2 aromatic rings. The van der Waals surface area contributed by atoms with E-state index in [9.17, 15) is 9.59 Å². The molecule has 108 valence electrons. The lowest BCUT2D eigenvalue weighted by Gasteiger charge is -2.11. The molecule has 21 heavy (non-hydrogen) atoms. The van der Waals surface area contributed by atoms with Gasteiger partial charge in [0.05, 0.1) is 6.33 Å². The van der Waals surface area contributed by atoms with Gasteiger partial charge in [-0.15, -0.1) is 0 Å². The molecule has 3 N–H and O–H groups in total. The van der Waals surface area contributed by atoms with E-state index in [1.54, 1.807) is 6.08 Å². The molecule has 1 aromatic carbocycles. The van der Waals surface area contributed by atoms with E-state index in [0.29, 0.717) is 5.69 Å². The van der Waals surface area contributed by atoms with Gasteiger partial charge in [0.25, 0.3) is 0 Å². The van der Waals surface area contributed by atoms with Gasteiger partial charge in [0.15, 0.2) is 0 Å². The number of rotatable bonds is 6. The number of carboxylic acid groups (broad SMARTS) is 1. The van der Waals surface area contributed by atoms with E-state index in [2.05, 4.69) is 15.3 Å². The van der Waals surface area contributed by atoms with E-state index in [0.717, 1.165) is 5.56 Å². The molecule has 6 heteroatoms. The number of nitrogens with zero attached hydrogens (tertiary/aromatic N) is 1. The third-order valence-electron chi connectivity index (χ3n) is 2.82. The van der Waals surface area contributed by atoms with Crippen LogP contribution in [0, 0.1) is 0 Å². The zero-order valence-electron chi connectivity index (χ0n) is 11.2. The number of imidazole rings is 1. The summed E-state index contributed by atoms with van der Waals surface area (Å²) in [6.07, 6.45) is 6.09. The number of hydrogen-bond donors (Lipinski definition) is 3. The van der Waals surface area contributed by atoms with Gasteiger partial charge in [-0.25, -0.2) is 9.78 Å². The van der Waals surface area contributed by atoms with Crippen molar-refractivity contribution >= 4 is 18.0 Å². The first-order valence-corrected chi connectivity index (χ1v) is 6.39. The first-order chi connectivity index (χ1) is 10.1. The highest BCUT2D eigenvalue weighted by Crippen LogP contribution is 2.02. The minimum absolute atomic E-state index is 0.153. The lowest BCUT2D eigenvalue weighted by molar-refractivity contribution is -0.141. The van der Waals surface area contributed by atoms with Crippen molar-refractivity contribution in [2.24, 2.45) is 0 Å². The van der Waals surface area contributed by atoms with E-state index in [4.69, 9.17) is 5.11 Å². The van der Waals surface area contributed by atoms with Crippen LogP contribution in [0.4, 0.5) is 0 Å². The average Bonchev–Trinajstić information content (AvgIpc) is 2.98. The molecule has 0 aliphatic rings. The van der Waals surface area contributed by atoms with Crippen LogP contribution in [0.25, 0.3) is 6.08 Å². The van der Waals surface area contributed by atoms with Crippen LogP contribution >= 0.6 is 0 Å². The van der Waals surface area contributed by atoms with Crippen molar-refractivity contribution in [1.29, 1.82) is 0 Å². The van der Waals surface area contributed by atoms with Crippen LogP contribution in [0.3, 0.4) is 0 Å². The summed E-state index contributed by atoms with van der Waals surface area (Å²) >= 11 is 0. The number of carbonyl (C=O) groups is 2. The Morgan fingerprint density at radius 2 is 2.10 bits per heavy atom. The Balaban J connectivity index is 1.95. The lowest BCUT2D eigenvalue weighted by atomic mass is 10.1. The van der Waals surface area contributed by atoms with Gasteiger partial charge in [-0.1, -0.05) is 30.3 Å². The van der Waals surface area contributed by atoms with Gasteiger partial charge in [0.1, 0.15) is 6.04 Å². The highest BCUT2D eigenvalue weighted by Gasteiger charge is 2.19. The number of carbonyl (C=O) groups excluding carboxylic acids is 1. The Morgan fingerprint density at radius 1 is 1.33 bits per heavy atom. The molecule has 0 bridgehead atoms. The number of H-pyrrole nitrogens is 1. The van der Waals surface area contributed by atoms with Crippen molar-refractivity contribution in [3.05, 3.63) is 60.2 Å². The zero-order chi connectivity index (χ0) is 15.1. The molecule has 1 aromatic heterocycles. The predicted octanol–water partition coefficient (Wildman–Crippen LogP) is 1.24. The Hall–Kier alpha value is -2.89. The SMILES string of the molecule is O=C(/C=C/c1ccccc1)NC(Cc1cnc[nH]1)C(=O)O. The number of benzene rings is 1. The van der Waals surface area contributed by atoms with E-state index in [1.807, 2.05) is 30.3 Å². The first-order valence-electron chi connectivity index (χ1n) is 6.39. The monoisotopic (exact) mass is 285 g/mol. The summed E-state index contributed by atoms with van der Waals surface area (Å²) in [4.78, 5) is 29.6. The van der Waals surface area contributed by atoms with Crippen LogP contribution in [-0.4, -0.2) is 33.0 Å². The van der Waals surface area contributed by atoms with Crippen LogP contribution in [0.5, 0.6) is 0 Å². The third kappa shape index (κ3) is 4.61. The Bertz CT molecular complexity index is 621. The fraction of sp³-hybridized carbons (Fsp3) is 0.133. The van der Waals surface area contributed by atoms with E-state index in [-0.39, 0.29) is 6.42 Å². The van der Waals surface area contributed by atoms with Gasteiger partial charge < -0.3 is 15.4 Å². The fourth-order valence-electron chi connectivity index (χ4n) is 1.77. The van der Waals surface area contributed by atoms with Crippen molar-refractivity contribution in [3.63, 3.8) is 0 Å². The van der Waals surface area contributed by atoms with Gasteiger partial charge in [0.2, 0.25) is 5.91 Å². The second-order valence-electron chi connectivity index (χ2n) is 4.42. The van der Waals surface area contributed by atoms with Crippen molar-refractivity contribution in [2.75, 3.05) is 0 Å². The highest BCUT2D eigenvalue weighted by molar-refractivity contribution is 5.94. The molecule has 1 heterocycles. The summed E-state index contributed by atoms with van der Waals surface area (Å²) in [7, 11) is 0. The molecule has 0 aliphatic heterocycles. The standard InChI is InChI=1S/C15H15N3O3/c19-14(7-6-11-4-2-1-3-5-11)18-13(15(20)21)8-12-9-16-10-17-12/h1-7,9-10,13H,8H2,(H,16,17)(H,18,19)(H,20,21)/b7-6+. The average molecular weight is 285 g/mol. The molecule has 0 spiro atoms. The van der Waals surface area contributed by atoms with Crippen molar-refractivity contribution in [1.82, 2.24) is 15.3 Å². The number of aliphatic carboxylic acids is 1. The summed E-state index contributed by atoms with van der Waals surface area (Å²) in [6, 6.07) is 8.29. The van der Waals surface area contributed by atoms with Gasteiger partial charge in [-0.3, -0.25) is 4.79 Å². The Kier molecular flexibility index (Phi) is 4.87. The summed E-state index contributed by atoms with van der Waals surface area (Å²) in [5, 5.41) is 11.6. The number of nitrogens with one attached hydrogen (secondary N) is 2. The zero-order valence-corrected chi connectivity index (χ0v) is 11.2. The van der Waals surface area contributed by atoms with Crippen molar-refractivity contribution < 1.29 is 14.7 Å². The molecule has 0 saturated carbocycles. The van der Waals surface area contributed by atoms with E-state index >= 15 is 0 Å². The van der Waals surface area contributed by atoms with Crippen molar-refractivity contribution in [2.45, 2.75) is 12.5 Å². The highest BCUT2D eigenvalue weighted by atomic mass is 16.4. The number of aromatic amines is 1. The summed E-state index contributed by atoms with van der Waals surface area (Å²) in [5.74, 6) is -1.54. The summed E-state index contributed by atoms with van der Waals surface area (Å²) in [5.41, 5.74) is 1.52. The van der Waals surface area contributed by atoms with E-state index < -0.39 is 17.9 Å². The number of amides is 1. The molecule has 0 fully saturated rings. The molecule has 0 radical (unpaired) electrons. The fourth-order valence-corrected chi connectivity index (χ4v) is 1.77. The maximum atomic E-state index is 11.8. The van der Waals surface area contributed by atoms with Crippen LogP contribution in [0.2, 0.25) is 0 Å². The second-order valence-corrected chi connectivity index (χ2v) is 4.42. The topological polar surface area (TPSA) is 95.1 Å². The number of aromatic nitrogens is 2. The second kappa shape index (κ2) is 7.04. The van der Waals surface area contributed by atoms with Gasteiger partial charge in [-0.05, 0) is 11.6 Å². The first kappa shape index (κ1) is 14.5. The Morgan fingerprint density at radius 3 is 2.71 bits per heavy atom. The maximum Gasteiger partial charge on any atom is 0.326 e. The molecule has 1 unspecified atom stereocenters. The molecule has 1 amide bonds. The van der Waals surface area contributed by atoms with Crippen LogP contribution in [-0.2, 0) is 16.0 Å². The normalized spacial score (nSPS) is 12.2. The van der Waals surface area contributed by atoms with Crippen LogP contribution in [0.1, 0.15) is 11.3 Å². The Labute approximate surface area is 121 Å². The molecule has 0 saturated heterocycles. The molecular formula is C15H15N3O3. The smallest absolute Gasteiger partial charge is 0.326 e. The summed E-state index contributed by atoms with van der Waals surface area (Å²) < 4.78 is 0. The van der Waals surface area contributed by atoms with Gasteiger partial charge in [0, 0.05) is 24.4 Å². The maximum absolute atomic E-state index is 11.8. The minimum Gasteiger partial charge on any atom is -0.480 e. The number of carboxylic acids is 1. The molecular weight excluding hydrogens is 270 g/mol. The molecule has 6 nitrogen and oxygen atoms in total. The lowest BCUT2D eigenvalue weighted by Crippen LogP contribution is -2.41. The predicted molar refractivity (Wildman–Crippen MR) is 77.3 cm³/mol. The largest absolute Gasteiger partial charge is 0.480 e. The third-order valence-corrected chi connectivity index (χ3v) is 2.82. The van der Waals surface area contributed by atoms with Crippen LogP contribution < -0.4 is 5.32 Å². The van der Waals surface area contributed by atoms with Gasteiger partial charge in [-0.2, -0.15) is 0 Å². The van der Waals surface area contributed by atoms with Crippen molar-refractivity contribution in [3.8, 4) is 0 Å². The van der Waals surface area contributed by atoms with Crippen LogP contribution in [0.15, 0.2) is 48.9 Å². The molecule has 1 atom stereocenters. The quantitative estimate of drug-likeness (QED) is 0.696. The molecule has 2 rings (SSSR count). The van der Waals surface area contributed by atoms with Gasteiger partial charge >= 0.3 is 5.97 Å². The number of hydrogen-bond acceptors (Lipinski definition) is 3. The summed E-state index contributed by atoms with van der Waals surface area (Å²) in [6.45, 7) is 0. The molecule has 0 aliphatic carbocycles. The minimum atomic E-state index is -1.09. The van der Waals surface area contributed by atoms with E-state index in [1.165, 1.54) is 18.6 Å².